The van der Waals surface area contributed by atoms with Crippen molar-refractivity contribution < 1.29 is 4.39 Å². The van der Waals surface area contributed by atoms with Crippen LogP contribution in [0.2, 0.25) is 0 Å². The molecule has 0 aliphatic heterocycles. The molecule has 0 radical (unpaired) electrons. The van der Waals surface area contributed by atoms with Crippen molar-refractivity contribution in [2.45, 2.75) is 19.5 Å². The number of pyridine rings is 1. The molecule has 1 heterocycles. The second kappa shape index (κ2) is 6.07. The third-order valence-electron chi connectivity index (χ3n) is 2.83. The molecule has 1 atom stereocenters. The smallest absolute Gasteiger partial charge is 0.124 e. The first-order valence-electron chi connectivity index (χ1n) is 6.03. The zero-order valence-electron chi connectivity index (χ0n) is 10.6. The van der Waals surface area contributed by atoms with Crippen molar-refractivity contribution in [2.24, 2.45) is 0 Å². The minimum atomic E-state index is -0.388. The van der Waals surface area contributed by atoms with Crippen LogP contribution in [0.5, 0.6) is 0 Å². The van der Waals surface area contributed by atoms with Crippen LogP contribution in [0.4, 0.5) is 4.39 Å². The molecule has 0 bridgehead atoms. The molecule has 0 aliphatic carbocycles. The molecular formula is C15H14FN3. The molecule has 96 valence electrons. The van der Waals surface area contributed by atoms with Gasteiger partial charge in [0.25, 0.3) is 0 Å². The van der Waals surface area contributed by atoms with Crippen molar-refractivity contribution >= 4 is 0 Å². The second-order valence-corrected chi connectivity index (χ2v) is 4.32. The van der Waals surface area contributed by atoms with E-state index in [1.807, 2.05) is 31.2 Å². The standard InChI is InChI=1S/C15H14FN3/c1-11(15-4-2-3-5-18-15)19-10-13-6-12(9-17)7-14(16)8-13/h2-8,11,19H,10H2,1H3. The van der Waals surface area contributed by atoms with Crippen LogP contribution in [-0.2, 0) is 6.54 Å². The number of aromatic nitrogens is 1. The van der Waals surface area contributed by atoms with Gasteiger partial charge in [0, 0.05) is 18.8 Å². The Hall–Kier alpha value is -2.25. The number of hydrogen-bond donors (Lipinski definition) is 1. The van der Waals surface area contributed by atoms with Gasteiger partial charge in [0.1, 0.15) is 5.82 Å². The summed E-state index contributed by atoms with van der Waals surface area (Å²) in [6.07, 6.45) is 1.74. The number of rotatable bonds is 4. The van der Waals surface area contributed by atoms with E-state index in [0.29, 0.717) is 12.1 Å². The lowest BCUT2D eigenvalue weighted by Gasteiger charge is -2.13. The van der Waals surface area contributed by atoms with Gasteiger partial charge in [-0.05, 0) is 42.8 Å². The Morgan fingerprint density at radius 2 is 2.21 bits per heavy atom. The van der Waals surface area contributed by atoms with Gasteiger partial charge in [0.15, 0.2) is 0 Å². The van der Waals surface area contributed by atoms with Crippen molar-refractivity contribution in [2.75, 3.05) is 0 Å². The van der Waals surface area contributed by atoms with E-state index in [1.165, 1.54) is 12.1 Å². The van der Waals surface area contributed by atoms with E-state index in [9.17, 15) is 4.39 Å². The minimum Gasteiger partial charge on any atom is -0.305 e. The van der Waals surface area contributed by atoms with E-state index >= 15 is 0 Å². The minimum absolute atomic E-state index is 0.0648. The van der Waals surface area contributed by atoms with E-state index in [1.54, 1.807) is 12.3 Å². The largest absolute Gasteiger partial charge is 0.305 e. The molecular weight excluding hydrogens is 241 g/mol. The number of halogens is 1. The lowest BCUT2D eigenvalue weighted by atomic mass is 10.1. The van der Waals surface area contributed by atoms with Crippen LogP contribution in [0.15, 0.2) is 42.6 Å². The summed E-state index contributed by atoms with van der Waals surface area (Å²) in [4.78, 5) is 4.25. The first kappa shape index (κ1) is 13.2. The van der Waals surface area contributed by atoms with Gasteiger partial charge in [0.05, 0.1) is 17.3 Å². The van der Waals surface area contributed by atoms with Gasteiger partial charge < -0.3 is 5.32 Å². The summed E-state index contributed by atoms with van der Waals surface area (Å²) in [7, 11) is 0. The Morgan fingerprint density at radius 3 is 2.89 bits per heavy atom. The van der Waals surface area contributed by atoms with E-state index < -0.39 is 0 Å². The Kier molecular flexibility index (Phi) is 4.22. The van der Waals surface area contributed by atoms with Crippen molar-refractivity contribution in [3.8, 4) is 6.07 Å². The highest BCUT2D eigenvalue weighted by atomic mass is 19.1. The molecule has 0 saturated carbocycles. The van der Waals surface area contributed by atoms with Crippen molar-refractivity contribution in [3.05, 3.63) is 65.2 Å². The lowest BCUT2D eigenvalue weighted by molar-refractivity contribution is 0.557. The SMILES string of the molecule is CC(NCc1cc(F)cc(C#N)c1)c1ccccn1. The van der Waals surface area contributed by atoms with Crippen LogP contribution in [0.1, 0.15) is 29.8 Å². The fourth-order valence-corrected chi connectivity index (χ4v) is 1.82. The summed E-state index contributed by atoms with van der Waals surface area (Å²) in [5.74, 6) is -0.388. The lowest BCUT2D eigenvalue weighted by Crippen LogP contribution is -2.19. The molecule has 1 N–H and O–H groups in total. The monoisotopic (exact) mass is 255 g/mol. The van der Waals surface area contributed by atoms with Gasteiger partial charge in [0.2, 0.25) is 0 Å². The predicted molar refractivity (Wildman–Crippen MR) is 70.6 cm³/mol. The van der Waals surface area contributed by atoms with Gasteiger partial charge in [-0.1, -0.05) is 6.07 Å². The number of nitriles is 1. The first-order valence-corrected chi connectivity index (χ1v) is 6.03. The maximum Gasteiger partial charge on any atom is 0.124 e. The predicted octanol–water partition coefficient (Wildman–Crippen LogP) is 2.94. The summed E-state index contributed by atoms with van der Waals surface area (Å²) in [5, 5.41) is 12.0. The summed E-state index contributed by atoms with van der Waals surface area (Å²) < 4.78 is 13.3. The molecule has 1 aromatic heterocycles. The highest BCUT2D eigenvalue weighted by molar-refractivity contribution is 5.33. The number of nitrogens with zero attached hydrogens (tertiary/aromatic N) is 2. The van der Waals surface area contributed by atoms with E-state index in [2.05, 4.69) is 10.3 Å². The van der Waals surface area contributed by atoms with E-state index in [0.717, 1.165) is 11.3 Å². The third kappa shape index (κ3) is 3.60. The second-order valence-electron chi connectivity index (χ2n) is 4.32. The van der Waals surface area contributed by atoms with Crippen LogP contribution in [0.3, 0.4) is 0 Å². The van der Waals surface area contributed by atoms with Crippen molar-refractivity contribution in [3.63, 3.8) is 0 Å². The molecule has 0 amide bonds. The van der Waals surface area contributed by atoms with Crippen molar-refractivity contribution in [1.29, 1.82) is 5.26 Å². The molecule has 4 heteroatoms. The molecule has 1 unspecified atom stereocenters. The molecule has 2 aromatic rings. The van der Waals surface area contributed by atoms with Crippen LogP contribution in [-0.4, -0.2) is 4.98 Å². The van der Waals surface area contributed by atoms with Crippen LogP contribution in [0.25, 0.3) is 0 Å². The molecule has 0 spiro atoms. The van der Waals surface area contributed by atoms with Gasteiger partial charge in [-0.3, -0.25) is 4.98 Å². The quantitative estimate of drug-likeness (QED) is 0.913. The van der Waals surface area contributed by atoms with E-state index in [-0.39, 0.29) is 11.9 Å². The topological polar surface area (TPSA) is 48.7 Å². The normalized spacial score (nSPS) is 11.8. The molecule has 0 fully saturated rings. The molecule has 1 aromatic carbocycles. The van der Waals surface area contributed by atoms with Crippen LogP contribution < -0.4 is 5.32 Å². The summed E-state index contributed by atoms with van der Waals surface area (Å²) >= 11 is 0. The molecule has 0 saturated heterocycles. The average molecular weight is 255 g/mol. The highest BCUT2D eigenvalue weighted by Crippen LogP contribution is 2.12. The summed E-state index contributed by atoms with van der Waals surface area (Å²) in [6, 6.07) is 12.1. The first-order chi connectivity index (χ1) is 9.19. The fourth-order valence-electron chi connectivity index (χ4n) is 1.82. The van der Waals surface area contributed by atoms with Crippen LogP contribution in [0, 0.1) is 17.1 Å². The molecule has 19 heavy (non-hydrogen) atoms. The zero-order chi connectivity index (χ0) is 13.7. The maximum atomic E-state index is 13.3. The average Bonchev–Trinajstić information content (AvgIpc) is 2.45. The summed E-state index contributed by atoms with van der Waals surface area (Å²) in [5.41, 5.74) is 2.01. The fraction of sp³-hybridized carbons (Fsp3) is 0.200. The van der Waals surface area contributed by atoms with Gasteiger partial charge in [-0.2, -0.15) is 5.26 Å². The highest BCUT2D eigenvalue weighted by Gasteiger charge is 2.06. The molecule has 0 aliphatic rings. The van der Waals surface area contributed by atoms with Crippen molar-refractivity contribution in [1.82, 2.24) is 10.3 Å². The Bertz CT molecular complexity index is 590. The Morgan fingerprint density at radius 1 is 1.37 bits per heavy atom. The van der Waals surface area contributed by atoms with E-state index in [4.69, 9.17) is 5.26 Å². The number of benzene rings is 1. The zero-order valence-corrected chi connectivity index (χ0v) is 10.6. The Labute approximate surface area is 111 Å². The van der Waals surface area contributed by atoms with Gasteiger partial charge in [-0.15, -0.1) is 0 Å². The maximum absolute atomic E-state index is 13.3. The van der Waals surface area contributed by atoms with Gasteiger partial charge in [-0.25, -0.2) is 4.39 Å². The number of hydrogen-bond acceptors (Lipinski definition) is 3. The molecule has 2 rings (SSSR count). The third-order valence-corrected chi connectivity index (χ3v) is 2.83. The Balaban J connectivity index is 2.03. The number of nitrogens with one attached hydrogen (secondary N) is 1. The summed E-state index contributed by atoms with van der Waals surface area (Å²) in [6.45, 7) is 2.48. The molecule has 3 nitrogen and oxygen atoms in total. The van der Waals surface area contributed by atoms with Crippen LogP contribution >= 0.6 is 0 Å². The van der Waals surface area contributed by atoms with Gasteiger partial charge >= 0.3 is 0 Å².